The van der Waals surface area contributed by atoms with E-state index in [1.807, 2.05) is 12.1 Å². The largest absolute Gasteiger partial charge is 0.497 e. The van der Waals surface area contributed by atoms with Gasteiger partial charge in [0.05, 0.1) is 49.6 Å². The SMILES string of the molecule is COc1ccc(N(C(=O)c2cc3cc(N4CCN(CCCCc5cn(S(=O)(=O)c6cccc([N+](=O)[O-])c6)c6ccc(C#N)cc56)CC4)ccc3o2)S(=O)(=O)c2cccc([N+](=O)[O-])c2)cc1. The second-order valence-corrected chi connectivity index (χ2v) is 18.8. The molecule has 8 rings (SSSR count). The highest BCUT2D eigenvalue weighted by Gasteiger charge is 2.35. The van der Waals surface area contributed by atoms with E-state index in [0.29, 0.717) is 57.0 Å². The Morgan fingerprint density at radius 2 is 1.49 bits per heavy atom. The minimum Gasteiger partial charge on any atom is -0.497 e. The monoisotopic (exact) mass is 917 g/mol. The first-order valence-corrected chi connectivity index (χ1v) is 23.1. The number of carbonyl (C=O) groups is 1. The number of hydrogen-bond acceptors (Lipinski definition) is 14. The third-order valence-electron chi connectivity index (χ3n) is 11.2. The molecular formula is C45H39N7O11S2. The molecule has 0 bridgehead atoms. The highest BCUT2D eigenvalue weighted by atomic mass is 32.2. The first-order chi connectivity index (χ1) is 31.2. The van der Waals surface area contributed by atoms with Gasteiger partial charge < -0.3 is 14.1 Å². The summed E-state index contributed by atoms with van der Waals surface area (Å²) >= 11 is 0. The van der Waals surface area contributed by atoms with Crippen molar-refractivity contribution in [2.24, 2.45) is 0 Å². The summed E-state index contributed by atoms with van der Waals surface area (Å²) in [6.45, 7) is 3.69. The van der Waals surface area contributed by atoms with Gasteiger partial charge in [0.1, 0.15) is 11.3 Å². The number of rotatable bonds is 15. The van der Waals surface area contributed by atoms with Gasteiger partial charge in [-0.3, -0.25) is 29.9 Å². The molecule has 65 heavy (non-hydrogen) atoms. The van der Waals surface area contributed by atoms with Gasteiger partial charge in [0, 0.05) is 73.1 Å². The molecule has 332 valence electrons. The molecule has 1 aliphatic rings. The topological polar surface area (TPSA) is 232 Å². The molecule has 3 heterocycles. The second-order valence-electron chi connectivity index (χ2n) is 15.2. The van der Waals surface area contributed by atoms with Crippen molar-refractivity contribution in [3.63, 3.8) is 0 Å². The van der Waals surface area contributed by atoms with Crippen LogP contribution in [0.4, 0.5) is 22.7 Å². The van der Waals surface area contributed by atoms with E-state index in [9.17, 15) is 47.1 Å². The molecule has 0 aliphatic carbocycles. The number of piperazine rings is 1. The summed E-state index contributed by atoms with van der Waals surface area (Å²) in [5.74, 6) is -0.846. The van der Waals surface area contributed by atoms with Crippen molar-refractivity contribution < 1.29 is 40.6 Å². The van der Waals surface area contributed by atoms with Crippen LogP contribution in [0.2, 0.25) is 0 Å². The van der Waals surface area contributed by atoms with Crippen LogP contribution in [0.15, 0.2) is 136 Å². The van der Waals surface area contributed by atoms with Crippen LogP contribution in [0.1, 0.15) is 34.5 Å². The highest BCUT2D eigenvalue weighted by Crippen LogP contribution is 2.33. The Hall–Kier alpha value is -7.60. The zero-order valence-electron chi connectivity index (χ0n) is 34.6. The molecular weight excluding hydrogens is 879 g/mol. The molecule has 2 aromatic heterocycles. The van der Waals surface area contributed by atoms with Crippen molar-refractivity contribution in [3.8, 4) is 11.8 Å². The van der Waals surface area contributed by atoms with Crippen molar-refractivity contribution in [2.45, 2.75) is 29.1 Å². The summed E-state index contributed by atoms with van der Waals surface area (Å²) in [4.78, 5) is 39.5. The van der Waals surface area contributed by atoms with E-state index in [1.165, 1.54) is 80.0 Å². The Kier molecular flexibility index (Phi) is 12.1. The number of methoxy groups -OCH3 is 1. The number of fused-ring (bicyclic) bond motifs is 2. The number of ether oxygens (including phenoxy) is 1. The van der Waals surface area contributed by atoms with Crippen LogP contribution in [0, 0.1) is 31.6 Å². The molecule has 1 saturated heterocycles. The van der Waals surface area contributed by atoms with Gasteiger partial charge in [0.15, 0.2) is 5.76 Å². The number of benzene rings is 5. The zero-order chi connectivity index (χ0) is 46.0. The third-order valence-corrected chi connectivity index (χ3v) is 14.6. The third kappa shape index (κ3) is 8.84. The number of aryl methyl sites for hydroxylation is 1. The average molecular weight is 918 g/mol. The maximum Gasteiger partial charge on any atom is 0.308 e. The molecule has 18 nitrogen and oxygen atoms in total. The summed E-state index contributed by atoms with van der Waals surface area (Å²) in [6, 6.07) is 28.9. The number of nitro groups is 2. The van der Waals surface area contributed by atoms with Gasteiger partial charge in [-0.15, -0.1) is 0 Å². The molecule has 1 amide bonds. The van der Waals surface area contributed by atoms with Crippen LogP contribution >= 0.6 is 0 Å². The number of hydrogen-bond donors (Lipinski definition) is 0. The Balaban J connectivity index is 0.928. The van der Waals surface area contributed by atoms with E-state index in [-0.39, 0.29) is 22.0 Å². The molecule has 1 aliphatic heterocycles. The van der Waals surface area contributed by atoms with Gasteiger partial charge in [-0.25, -0.2) is 20.8 Å². The van der Waals surface area contributed by atoms with E-state index in [2.05, 4.69) is 15.9 Å². The van der Waals surface area contributed by atoms with Gasteiger partial charge in [0.2, 0.25) is 0 Å². The number of carbonyl (C=O) groups excluding carboxylic acids is 1. The van der Waals surface area contributed by atoms with Crippen LogP contribution in [0.5, 0.6) is 5.75 Å². The Labute approximate surface area is 372 Å². The number of amides is 1. The van der Waals surface area contributed by atoms with Crippen molar-refractivity contribution in [2.75, 3.05) is 49.0 Å². The summed E-state index contributed by atoms with van der Waals surface area (Å²) in [5.41, 5.74) is 1.89. The van der Waals surface area contributed by atoms with Crippen LogP contribution in [0.25, 0.3) is 21.9 Å². The molecule has 0 spiro atoms. The van der Waals surface area contributed by atoms with Crippen LogP contribution in [0.3, 0.4) is 0 Å². The summed E-state index contributed by atoms with van der Waals surface area (Å²) < 4.78 is 68.4. The van der Waals surface area contributed by atoms with Crippen molar-refractivity contribution >= 4 is 70.6 Å². The Morgan fingerprint density at radius 3 is 2.15 bits per heavy atom. The minimum atomic E-state index is -4.68. The predicted molar refractivity (Wildman–Crippen MR) is 240 cm³/mol. The van der Waals surface area contributed by atoms with E-state index in [0.717, 1.165) is 65.9 Å². The normalized spacial score (nSPS) is 13.4. The lowest BCUT2D eigenvalue weighted by atomic mass is 10.1. The number of unbranched alkanes of at least 4 members (excludes halogenated alkanes) is 1. The van der Waals surface area contributed by atoms with Gasteiger partial charge in [-0.2, -0.15) is 9.57 Å². The first-order valence-electron chi connectivity index (χ1n) is 20.2. The highest BCUT2D eigenvalue weighted by molar-refractivity contribution is 7.93. The quantitative estimate of drug-likeness (QED) is 0.0551. The second kappa shape index (κ2) is 17.9. The number of non-ortho nitro benzene ring substituents is 2. The van der Waals surface area contributed by atoms with E-state index < -0.39 is 46.4 Å². The molecule has 0 saturated carbocycles. The molecule has 5 aromatic carbocycles. The molecule has 7 aromatic rings. The van der Waals surface area contributed by atoms with Gasteiger partial charge in [-0.05, 0) is 110 Å². The Morgan fingerprint density at radius 1 is 0.815 bits per heavy atom. The number of anilines is 2. The molecule has 20 heteroatoms. The van der Waals surface area contributed by atoms with Crippen molar-refractivity contribution in [1.82, 2.24) is 8.87 Å². The van der Waals surface area contributed by atoms with E-state index >= 15 is 0 Å². The molecule has 1 fully saturated rings. The Bertz CT molecular complexity index is 3260. The van der Waals surface area contributed by atoms with Crippen LogP contribution in [-0.4, -0.2) is 81.3 Å². The van der Waals surface area contributed by atoms with Gasteiger partial charge in [-0.1, -0.05) is 12.1 Å². The van der Waals surface area contributed by atoms with Crippen LogP contribution in [-0.2, 0) is 26.5 Å². The lowest BCUT2D eigenvalue weighted by Crippen LogP contribution is -2.46. The molecule has 0 radical (unpaired) electrons. The summed E-state index contributed by atoms with van der Waals surface area (Å²) in [5, 5.41) is 33.6. The zero-order valence-corrected chi connectivity index (χ0v) is 36.3. The summed E-state index contributed by atoms with van der Waals surface area (Å²) in [7, 11) is -7.44. The number of nitro benzene ring substituents is 2. The van der Waals surface area contributed by atoms with Gasteiger partial charge >= 0.3 is 5.91 Å². The maximum atomic E-state index is 14.1. The predicted octanol–water partition coefficient (Wildman–Crippen LogP) is 7.50. The van der Waals surface area contributed by atoms with Crippen LogP contribution < -0.4 is 13.9 Å². The van der Waals surface area contributed by atoms with E-state index in [1.54, 1.807) is 18.2 Å². The lowest BCUT2D eigenvalue weighted by molar-refractivity contribution is -0.385. The smallest absolute Gasteiger partial charge is 0.308 e. The molecule has 0 unspecified atom stereocenters. The fraction of sp³-hybridized carbons (Fsp3) is 0.200. The molecule has 0 atom stereocenters. The fourth-order valence-electron chi connectivity index (χ4n) is 7.86. The fourth-order valence-corrected chi connectivity index (χ4v) is 10.7. The van der Waals surface area contributed by atoms with Crippen molar-refractivity contribution in [3.05, 3.63) is 159 Å². The number of aromatic nitrogens is 1. The molecule has 0 N–H and O–H groups in total. The average Bonchev–Trinajstić information content (AvgIpc) is 3.92. The number of nitriles is 1. The number of sulfonamides is 1. The number of furan rings is 1. The van der Waals surface area contributed by atoms with Crippen molar-refractivity contribution in [1.29, 1.82) is 5.26 Å². The summed E-state index contributed by atoms with van der Waals surface area (Å²) in [6.07, 6.45) is 3.61. The van der Waals surface area contributed by atoms with Gasteiger partial charge in [0.25, 0.3) is 31.4 Å². The lowest BCUT2D eigenvalue weighted by Gasteiger charge is -2.36. The number of nitrogens with zero attached hydrogens (tertiary/aromatic N) is 7. The standard InChI is InChI=1S/C45H39N7O11S2/c1-62-38-15-12-34(13-16-38)50(65(60,61)40-10-5-8-37(28-40)52(56)57)45(53)44-26-33-25-35(14-18-43(33)63-44)48-22-20-47(21-23-48)19-3-2-6-32-30-49(42-17-11-31(29-46)24-41(32)42)64(58,59)39-9-4-7-36(27-39)51(54)55/h4-5,7-18,24-28,30H,2-3,6,19-23H2,1H3. The van der Waals surface area contributed by atoms with E-state index in [4.69, 9.17) is 9.15 Å². The maximum absolute atomic E-state index is 14.1. The minimum absolute atomic E-state index is 0.0333. The first kappa shape index (κ1) is 44.0.